The van der Waals surface area contributed by atoms with Crippen molar-refractivity contribution in [2.24, 2.45) is 0 Å². The fraction of sp³-hybridized carbons (Fsp3) is 0.956. The van der Waals surface area contributed by atoms with Gasteiger partial charge in [0.15, 0.2) is 0 Å². The standard InChI is InChI=1S/C9H16O4.6C6H11.2Sn/c10-8(11)6-4-2-1-3-5-7-9(12)13;6*1-2-4-6-5-3-1;;/h1-7H2,(H,10,11)(H,12,13);6*1H,2-6H2;;/q;;;;;;;2*+1/p-2. The summed E-state index contributed by atoms with van der Waals surface area (Å²) in [6.45, 7) is 0. The largest absolute Gasteiger partial charge is 0.550 e. The molecule has 0 atom stereocenters. The van der Waals surface area contributed by atoms with Gasteiger partial charge in [0.1, 0.15) is 0 Å². The number of rotatable bonds is 14. The summed E-state index contributed by atoms with van der Waals surface area (Å²) in [7, 11) is 0. The summed E-state index contributed by atoms with van der Waals surface area (Å²) in [4.78, 5) is 20.0. The molecule has 0 unspecified atom stereocenters. The third kappa shape index (κ3) is 17.5. The number of carbonyl (C=O) groups excluding carboxylic acids is 2. The summed E-state index contributed by atoms with van der Waals surface area (Å²) in [6.07, 6.45) is 52.4. The fourth-order valence-corrected chi connectivity index (χ4v) is 41.5. The van der Waals surface area contributed by atoms with Crippen molar-refractivity contribution in [2.75, 3.05) is 0 Å². The first-order valence-electron chi connectivity index (χ1n) is 23.2. The molecule has 0 aromatic heterocycles. The van der Waals surface area contributed by atoms with Crippen molar-refractivity contribution in [1.82, 2.24) is 0 Å². The maximum absolute atomic E-state index is 9.98. The van der Waals surface area contributed by atoms with Gasteiger partial charge < -0.3 is 19.8 Å². The van der Waals surface area contributed by atoms with E-state index in [0.29, 0.717) is 12.8 Å². The van der Waals surface area contributed by atoms with E-state index in [9.17, 15) is 19.8 Å². The number of hydrogen-bond donors (Lipinski definition) is 0. The van der Waals surface area contributed by atoms with Gasteiger partial charge in [0.25, 0.3) is 0 Å². The Morgan fingerprint density at radius 2 is 0.490 bits per heavy atom. The number of carboxylic acids is 2. The monoisotopic (exact) mass is 924 g/mol. The molecule has 0 radical (unpaired) electrons. The smallest absolute Gasteiger partial charge is 0.0414 e. The van der Waals surface area contributed by atoms with Crippen LogP contribution in [-0.2, 0) is 9.59 Å². The minimum atomic E-state index is -1.15. The van der Waals surface area contributed by atoms with Gasteiger partial charge in [-0.05, 0) is 25.7 Å². The van der Waals surface area contributed by atoms with Gasteiger partial charge in [0, 0.05) is 11.9 Å². The minimum absolute atomic E-state index is 0.0977. The molecular formula is C45H80O4Sn2. The molecule has 0 aromatic rings. The zero-order chi connectivity index (χ0) is 35.9. The van der Waals surface area contributed by atoms with Crippen LogP contribution in [0.25, 0.3) is 0 Å². The van der Waals surface area contributed by atoms with Gasteiger partial charge in [-0.25, -0.2) is 0 Å². The van der Waals surface area contributed by atoms with E-state index in [4.69, 9.17) is 0 Å². The van der Waals surface area contributed by atoms with Crippen LogP contribution in [0, 0.1) is 0 Å². The van der Waals surface area contributed by atoms with Crippen molar-refractivity contribution in [3.05, 3.63) is 0 Å². The average Bonchev–Trinajstić information content (AvgIpc) is 3.18. The molecule has 6 aliphatic carbocycles. The quantitative estimate of drug-likeness (QED) is 0.128. The van der Waals surface area contributed by atoms with Gasteiger partial charge in [-0.15, -0.1) is 0 Å². The van der Waals surface area contributed by atoms with E-state index in [1.54, 1.807) is 193 Å². The fourth-order valence-electron chi connectivity index (χ4n) is 11.7. The summed E-state index contributed by atoms with van der Waals surface area (Å²) >= 11 is -2.30. The second-order valence-electron chi connectivity index (χ2n) is 18.0. The molecule has 0 spiro atoms. The van der Waals surface area contributed by atoms with Crippen LogP contribution in [0.4, 0.5) is 0 Å². The molecule has 0 saturated heterocycles. The maximum atomic E-state index is 9.98. The molecule has 6 aliphatic rings. The average molecular weight is 923 g/mol. The normalized spacial score (nSPS) is 23.7. The number of carbonyl (C=O) groups is 2. The summed E-state index contributed by atoms with van der Waals surface area (Å²) in [6, 6.07) is 0. The van der Waals surface area contributed by atoms with Gasteiger partial charge in [-0.3, -0.25) is 0 Å². The van der Waals surface area contributed by atoms with E-state index in [0.717, 1.165) is 19.3 Å². The van der Waals surface area contributed by atoms with Crippen molar-refractivity contribution >= 4 is 51.5 Å². The van der Waals surface area contributed by atoms with Crippen LogP contribution in [0.15, 0.2) is 0 Å². The Morgan fingerprint density at radius 1 is 0.314 bits per heavy atom. The number of aliphatic carboxylic acids is 2. The van der Waals surface area contributed by atoms with Crippen LogP contribution in [0.3, 0.4) is 0 Å². The van der Waals surface area contributed by atoms with Crippen molar-refractivity contribution < 1.29 is 19.8 Å². The number of unbranched alkanes of at least 4 members (excludes halogenated alkanes) is 4. The van der Waals surface area contributed by atoms with Gasteiger partial charge in [0.05, 0.1) is 0 Å². The zero-order valence-corrected chi connectivity index (χ0v) is 39.0. The predicted octanol–water partition coefficient (Wildman–Crippen LogP) is 12.2. The molecule has 0 aliphatic heterocycles. The maximum Gasteiger partial charge on any atom is 0.0414 e. The molecule has 0 aromatic carbocycles. The van der Waals surface area contributed by atoms with Crippen LogP contribution in [-0.4, -0.2) is 51.5 Å². The van der Waals surface area contributed by atoms with Crippen molar-refractivity contribution in [1.29, 1.82) is 0 Å². The van der Waals surface area contributed by atoms with Crippen molar-refractivity contribution in [3.63, 3.8) is 0 Å². The number of hydrogen-bond acceptors (Lipinski definition) is 4. The third-order valence-electron chi connectivity index (χ3n) is 14.2. The molecule has 4 nitrogen and oxygen atoms in total. The molecule has 6 rings (SSSR count). The molecule has 6 saturated carbocycles. The minimum Gasteiger partial charge on any atom is -0.550 e. The van der Waals surface area contributed by atoms with E-state index >= 15 is 0 Å². The topological polar surface area (TPSA) is 80.3 Å². The first kappa shape index (κ1) is 44.3. The van der Waals surface area contributed by atoms with Gasteiger partial charge in [0.2, 0.25) is 0 Å². The van der Waals surface area contributed by atoms with Crippen LogP contribution in [0.1, 0.15) is 238 Å². The van der Waals surface area contributed by atoms with E-state index in [2.05, 4.69) is 0 Å². The summed E-state index contributed by atoms with van der Waals surface area (Å²) < 4.78 is 7.93. The Bertz CT molecular complexity index is 734. The summed E-state index contributed by atoms with van der Waals surface area (Å²) in [5.74, 6) is -2.04. The van der Waals surface area contributed by atoms with Gasteiger partial charge >= 0.3 is 256 Å². The van der Waals surface area contributed by atoms with E-state index < -0.39 is 51.5 Å². The van der Waals surface area contributed by atoms with E-state index in [1.165, 1.54) is 23.6 Å². The molecular weight excluding hydrogens is 842 g/mol. The Kier molecular flexibility index (Phi) is 23.6. The van der Waals surface area contributed by atoms with E-state index in [-0.39, 0.29) is 12.8 Å². The first-order chi connectivity index (χ1) is 25.0. The van der Waals surface area contributed by atoms with Crippen molar-refractivity contribution in [3.8, 4) is 0 Å². The Hall–Kier alpha value is 0.537. The van der Waals surface area contributed by atoms with Gasteiger partial charge in [-0.2, -0.15) is 0 Å². The molecule has 6 heteroatoms. The summed E-state index contributed by atoms with van der Waals surface area (Å²) in [5, 5.41) is 20.0. The van der Waals surface area contributed by atoms with Crippen LogP contribution >= 0.6 is 0 Å². The number of carboxylic acid groups (broad SMARTS) is 2. The molecule has 0 N–H and O–H groups in total. The Labute approximate surface area is 330 Å². The Balaban J connectivity index is 0.000000176. The molecule has 51 heavy (non-hydrogen) atoms. The summed E-state index contributed by atoms with van der Waals surface area (Å²) in [5.41, 5.74) is 0. The second kappa shape index (κ2) is 27.2. The zero-order valence-electron chi connectivity index (χ0n) is 33.3. The van der Waals surface area contributed by atoms with Gasteiger partial charge in [-0.1, -0.05) is 19.3 Å². The second-order valence-corrected chi connectivity index (χ2v) is 37.7. The van der Waals surface area contributed by atoms with E-state index in [1.807, 2.05) is 0 Å². The van der Waals surface area contributed by atoms with Crippen molar-refractivity contribution in [2.45, 2.75) is 261 Å². The molecule has 292 valence electrons. The SMILES string of the molecule is C1CC[CH]([Sn+]([CH]2CCCCC2)[CH]2CCCCC2)CC1.C1CC[CH]([Sn+]([CH]2CCCCC2)[CH]2CCCCC2)CC1.O=C([O-])CCCCCCCC(=O)[O-]. The molecule has 0 bridgehead atoms. The predicted molar refractivity (Wildman–Crippen MR) is 215 cm³/mol. The molecule has 0 heterocycles. The van der Waals surface area contributed by atoms with Crippen LogP contribution in [0.2, 0.25) is 23.6 Å². The first-order valence-corrected chi connectivity index (χ1v) is 33.0. The molecule has 0 amide bonds. The van der Waals surface area contributed by atoms with Crippen LogP contribution < -0.4 is 10.2 Å². The Morgan fingerprint density at radius 3 is 0.667 bits per heavy atom. The molecule has 6 fully saturated rings. The van der Waals surface area contributed by atoms with Crippen LogP contribution in [0.5, 0.6) is 0 Å². The third-order valence-corrected chi connectivity index (χ3v) is 40.3.